The predicted molar refractivity (Wildman–Crippen MR) is 98.5 cm³/mol. The van der Waals surface area contributed by atoms with Crippen molar-refractivity contribution in [2.75, 3.05) is 11.4 Å². The van der Waals surface area contributed by atoms with Crippen LogP contribution in [0.15, 0.2) is 60.8 Å². The molecule has 25 heavy (non-hydrogen) atoms. The van der Waals surface area contributed by atoms with Crippen molar-refractivity contribution in [3.63, 3.8) is 0 Å². The van der Waals surface area contributed by atoms with E-state index in [9.17, 15) is 14.9 Å². The van der Waals surface area contributed by atoms with Gasteiger partial charge >= 0.3 is 0 Å². The summed E-state index contributed by atoms with van der Waals surface area (Å²) in [6, 6.07) is 14.0. The van der Waals surface area contributed by atoms with Gasteiger partial charge in [0, 0.05) is 41.5 Å². The van der Waals surface area contributed by atoms with Crippen molar-refractivity contribution >= 4 is 34.3 Å². The van der Waals surface area contributed by atoms with Gasteiger partial charge in [-0.1, -0.05) is 12.1 Å². The monoisotopic (exact) mass is 335 g/mol. The zero-order valence-corrected chi connectivity index (χ0v) is 13.7. The lowest BCUT2D eigenvalue weighted by molar-refractivity contribution is -0.385. The Morgan fingerprint density at radius 1 is 1.24 bits per heavy atom. The van der Waals surface area contributed by atoms with Crippen molar-refractivity contribution in [1.82, 2.24) is 4.98 Å². The van der Waals surface area contributed by atoms with E-state index in [2.05, 4.69) is 4.98 Å². The molecule has 1 aromatic heterocycles. The first-order valence-electron chi connectivity index (χ1n) is 7.90. The summed E-state index contributed by atoms with van der Waals surface area (Å²) in [5, 5.41) is 12.1. The van der Waals surface area contributed by atoms with Gasteiger partial charge in [-0.05, 0) is 43.3 Å². The number of nitro benzene ring substituents is 1. The Hall–Kier alpha value is -3.41. The van der Waals surface area contributed by atoms with Crippen molar-refractivity contribution < 1.29 is 9.72 Å². The van der Waals surface area contributed by atoms with Crippen molar-refractivity contribution in [3.05, 3.63) is 76.5 Å². The molecule has 0 spiro atoms. The highest BCUT2D eigenvalue weighted by Gasteiger charge is 2.14. The maximum atomic E-state index is 12.6. The number of nitrogens with one attached hydrogen (secondary N) is 1. The Balaban J connectivity index is 1.86. The molecule has 1 N–H and O–H groups in total. The normalized spacial score (nSPS) is 11.1. The molecule has 0 saturated carbocycles. The molecule has 1 amide bonds. The highest BCUT2D eigenvalue weighted by Crippen LogP contribution is 2.23. The smallest absolute Gasteiger partial charge is 0.276 e. The van der Waals surface area contributed by atoms with E-state index in [1.54, 1.807) is 23.1 Å². The second kappa shape index (κ2) is 7.00. The average Bonchev–Trinajstić information content (AvgIpc) is 3.08. The number of fused-ring (bicyclic) bond motifs is 1. The minimum absolute atomic E-state index is 0.0247. The molecule has 0 unspecified atom stereocenters. The van der Waals surface area contributed by atoms with Crippen LogP contribution in [0.3, 0.4) is 0 Å². The first-order chi connectivity index (χ1) is 12.1. The Morgan fingerprint density at radius 3 is 2.80 bits per heavy atom. The number of hydrogen-bond donors (Lipinski definition) is 1. The minimum Gasteiger partial charge on any atom is -0.361 e. The van der Waals surface area contributed by atoms with Gasteiger partial charge in [-0.25, -0.2) is 0 Å². The van der Waals surface area contributed by atoms with Crippen molar-refractivity contribution in [2.24, 2.45) is 0 Å². The highest BCUT2D eigenvalue weighted by atomic mass is 16.6. The van der Waals surface area contributed by atoms with Crippen LogP contribution >= 0.6 is 0 Å². The van der Waals surface area contributed by atoms with E-state index < -0.39 is 4.92 Å². The van der Waals surface area contributed by atoms with Crippen LogP contribution in [-0.2, 0) is 4.79 Å². The van der Waals surface area contributed by atoms with Crippen LogP contribution in [0.1, 0.15) is 12.5 Å². The number of hydrogen-bond acceptors (Lipinski definition) is 3. The Kier molecular flexibility index (Phi) is 4.61. The number of nitro groups is 1. The van der Waals surface area contributed by atoms with E-state index in [-0.39, 0.29) is 11.6 Å². The molecule has 3 aromatic rings. The Bertz CT molecular complexity index is 959. The number of carbonyl (C=O) groups is 1. The van der Waals surface area contributed by atoms with Gasteiger partial charge in [0.1, 0.15) is 0 Å². The molecule has 126 valence electrons. The molecule has 2 aromatic carbocycles. The fraction of sp³-hybridized carbons (Fsp3) is 0.105. The van der Waals surface area contributed by atoms with Gasteiger partial charge < -0.3 is 9.88 Å². The molecule has 0 fully saturated rings. The fourth-order valence-electron chi connectivity index (χ4n) is 2.72. The lowest BCUT2D eigenvalue weighted by Gasteiger charge is -2.19. The van der Waals surface area contributed by atoms with Gasteiger partial charge in [-0.3, -0.25) is 14.9 Å². The number of nitrogens with zero attached hydrogens (tertiary/aromatic N) is 2. The summed E-state index contributed by atoms with van der Waals surface area (Å²) in [5.74, 6) is -0.226. The summed E-state index contributed by atoms with van der Waals surface area (Å²) in [6.07, 6.45) is 4.70. The predicted octanol–water partition coefficient (Wildman–Crippen LogP) is 4.14. The maximum absolute atomic E-state index is 12.6. The van der Waals surface area contributed by atoms with Crippen molar-refractivity contribution in [1.29, 1.82) is 0 Å². The average molecular weight is 335 g/mol. The van der Waals surface area contributed by atoms with Crippen molar-refractivity contribution in [3.8, 4) is 0 Å². The molecule has 0 aliphatic heterocycles. The lowest BCUT2D eigenvalue weighted by Crippen LogP contribution is -2.28. The first-order valence-corrected chi connectivity index (χ1v) is 7.90. The zero-order chi connectivity index (χ0) is 17.8. The van der Waals surface area contributed by atoms with Crippen LogP contribution in [0.25, 0.3) is 17.0 Å². The van der Waals surface area contributed by atoms with E-state index in [1.807, 2.05) is 37.4 Å². The second-order valence-corrected chi connectivity index (χ2v) is 5.48. The van der Waals surface area contributed by atoms with Crippen LogP contribution in [0.5, 0.6) is 0 Å². The van der Waals surface area contributed by atoms with Crippen LogP contribution < -0.4 is 4.90 Å². The molecular formula is C19H17N3O3. The van der Waals surface area contributed by atoms with Gasteiger partial charge in [-0.15, -0.1) is 0 Å². The summed E-state index contributed by atoms with van der Waals surface area (Å²) in [6.45, 7) is 2.38. The number of para-hydroxylation sites is 1. The number of anilines is 1. The summed E-state index contributed by atoms with van der Waals surface area (Å²) in [4.78, 5) is 27.9. The van der Waals surface area contributed by atoms with Crippen LogP contribution in [0.2, 0.25) is 0 Å². The third kappa shape index (κ3) is 3.42. The molecule has 1 heterocycles. The number of amides is 1. The lowest BCUT2D eigenvalue weighted by atomic mass is 10.1. The van der Waals surface area contributed by atoms with Crippen LogP contribution in [-0.4, -0.2) is 22.4 Å². The molecular weight excluding hydrogens is 318 g/mol. The quantitative estimate of drug-likeness (QED) is 0.432. The van der Waals surface area contributed by atoms with E-state index in [4.69, 9.17) is 0 Å². The molecule has 0 aliphatic carbocycles. The third-order valence-electron chi connectivity index (χ3n) is 3.97. The highest BCUT2D eigenvalue weighted by molar-refractivity contribution is 6.05. The number of H-pyrrole nitrogens is 1. The number of rotatable bonds is 5. The first kappa shape index (κ1) is 16.4. The van der Waals surface area contributed by atoms with Crippen molar-refractivity contribution in [2.45, 2.75) is 6.92 Å². The molecule has 0 radical (unpaired) electrons. The van der Waals surface area contributed by atoms with Gasteiger partial charge in [0.15, 0.2) is 0 Å². The standard InChI is InChI=1S/C19H17N3O3/c1-2-21(16-8-9-17-15(13-16)11-12-20-17)19(23)10-7-14-5-3-4-6-18(14)22(24)25/h3-13,20H,2H2,1H3. The maximum Gasteiger partial charge on any atom is 0.276 e. The fourth-order valence-corrected chi connectivity index (χ4v) is 2.72. The molecule has 3 rings (SSSR count). The minimum atomic E-state index is -0.457. The number of likely N-dealkylation sites (N-methyl/N-ethyl adjacent to an activating group) is 1. The Morgan fingerprint density at radius 2 is 2.04 bits per heavy atom. The number of aromatic nitrogens is 1. The third-order valence-corrected chi connectivity index (χ3v) is 3.97. The van der Waals surface area contributed by atoms with E-state index >= 15 is 0 Å². The van der Waals surface area contributed by atoms with Crippen LogP contribution in [0.4, 0.5) is 11.4 Å². The summed E-state index contributed by atoms with van der Waals surface area (Å²) < 4.78 is 0. The van der Waals surface area contributed by atoms with Crippen LogP contribution in [0, 0.1) is 10.1 Å². The van der Waals surface area contributed by atoms with Gasteiger partial charge in [0.25, 0.3) is 11.6 Å². The molecule has 0 saturated heterocycles. The number of aromatic amines is 1. The zero-order valence-electron chi connectivity index (χ0n) is 13.7. The topological polar surface area (TPSA) is 79.2 Å². The second-order valence-electron chi connectivity index (χ2n) is 5.48. The van der Waals surface area contributed by atoms with Gasteiger partial charge in [-0.2, -0.15) is 0 Å². The number of benzene rings is 2. The Labute approximate surface area is 144 Å². The van der Waals surface area contributed by atoms with Gasteiger partial charge in [0.2, 0.25) is 0 Å². The molecule has 6 nitrogen and oxygen atoms in total. The summed E-state index contributed by atoms with van der Waals surface area (Å²) >= 11 is 0. The SMILES string of the molecule is CCN(C(=O)C=Cc1ccccc1[N+](=O)[O-])c1ccc2[nH]ccc2c1. The van der Waals surface area contributed by atoms with E-state index in [0.29, 0.717) is 12.1 Å². The molecule has 0 bridgehead atoms. The largest absolute Gasteiger partial charge is 0.361 e. The summed E-state index contributed by atoms with van der Waals surface area (Å²) in [5.41, 5.74) is 2.16. The van der Waals surface area contributed by atoms with E-state index in [1.165, 1.54) is 18.2 Å². The van der Waals surface area contributed by atoms with Gasteiger partial charge in [0.05, 0.1) is 10.5 Å². The molecule has 0 aliphatic rings. The van der Waals surface area contributed by atoms with E-state index in [0.717, 1.165) is 16.6 Å². The molecule has 0 atom stereocenters. The number of carbonyl (C=O) groups excluding carboxylic acids is 1. The molecule has 6 heteroatoms. The summed E-state index contributed by atoms with van der Waals surface area (Å²) in [7, 11) is 0.